The molecule has 2 saturated carbocycles. The molecule has 0 heterocycles. The van der Waals surface area contributed by atoms with Crippen molar-refractivity contribution >= 4 is 6.09 Å². The number of rotatable bonds is 1. The lowest BCUT2D eigenvalue weighted by Crippen LogP contribution is -2.74. The Bertz CT molecular complexity index is 358. The van der Waals surface area contributed by atoms with Gasteiger partial charge >= 0.3 is 6.09 Å². The Morgan fingerprint density at radius 2 is 1.94 bits per heavy atom. The summed E-state index contributed by atoms with van der Waals surface area (Å²) in [5, 5.41) is 2.66. The Kier molecular flexibility index (Phi) is 2.85. The molecule has 0 aromatic carbocycles. The fraction of sp³-hybridized carbons (Fsp3) is 0.917. The molecule has 0 aromatic heterocycles. The van der Waals surface area contributed by atoms with Crippen LogP contribution < -0.4 is 11.1 Å². The second kappa shape index (κ2) is 3.79. The van der Waals surface area contributed by atoms with E-state index in [1.807, 2.05) is 0 Å². The quantitative estimate of drug-likeness (QED) is 0.760. The van der Waals surface area contributed by atoms with E-state index in [2.05, 4.69) is 5.32 Å². The number of amides is 1. The minimum Gasteiger partial charge on any atom is -0.444 e. The zero-order valence-electron chi connectivity index (χ0n) is 10.9. The maximum atomic E-state index is 13.0. The molecule has 3 N–H and O–H groups in total. The van der Waals surface area contributed by atoms with Gasteiger partial charge < -0.3 is 15.8 Å². The molecular weight excluding hydrogens is 242 g/mol. The van der Waals surface area contributed by atoms with Gasteiger partial charge in [-0.1, -0.05) is 0 Å². The van der Waals surface area contributed by atoms with Gasteiger partial charge in [0.2, 0.25) is 5.92 Å². The number of alkyl carbamates (subject to hydrolysis) is 1. The Morgan fingerprint density at radius 1 is 1.39 bits per heavy atom. The monoisotopic (exact) mass is 262 g/mol. The number of hydrogen-bond acceptors (Lipinski definition) is 3. The van der Waals surface area contributed by atoms with Gasteiger partial charge in [0.1, 0.15) is 5.60 Å². The van der Waals surface area contributed by atoms with Crippen LogP contribution in [0.2, 0.25) is 0 Å². The van der Waals surface area contributed by atoms with Crippen LogP contribution in [0.25, 0.3) is 0 Å². The van der Waals surface area contributed by atoms with Gasteiger partial charge in [-0.3, -0.25) is 0 Å². The van der Waals surface area contributed by atoms with Crippen molar-refractivity contribution in [2.45, 2.75) is 63.6 Å². The third kappa shape index (κ3) is 2.30. The minimum absolute atomic E-state index is 0.234. The van der Waals surface area contributed by atoms with Crippen molar-refractivity contribution in [1.82, 2.24) is 5.32 Å². The number of nitrogens with two attached hydrogens (primary N) is 1. The average Bonchev–Trinajstić information content (AvgIpc) is 2.10. The summed E-state index contributed by atoms with van der Waals surface area (Å²) in [5.74, 6) is -2.63. The first-order chi connectivity index (χ1) is 8.04. The normalized spacial score (nSPS) is 32.3. The van der Waals surface area contributed by atoms with Crippen molar-refractivity contribution in [3.8, 4) is 0 Å². The van der Waals surface area contributed by atoms with Crippen molar-refractivity contribution in [3.63, 3.8) is 0 Å². The van der Waals surface area contributed by atoms with Gasteiger partial charge in [-0.05, 0) is 27.2 Å². The van der Waals surface area contributed by atoms with Crippen molar-refractivity contribution < 1.29 is 18.3 Å². The van der Waals surface area contributed by atoms with Gasteiger partial charge in [-0.15, -0.1) is 0 Å². The predicted octanol–water partition coefficient (Wildman–Crippen LogP) is 2.03. The maximum absolute atomic E-state index is 13.0. The lowest BCUT2D eigenvalue weighted by Gasteiger charge is -2.62. The summed E-state index contributed by atoms with van der Waals surface area (Å²) in [7, 11) is 0. The topological polar surface area (TPSA) is 64.3 Å². The largest absolute Gasteiger partial charge is 0.444 e. The summed E-state index contributed by atoms with van der Waals surface area (Å²) < 4.78 is 31.1. The van der Waals surface area contributed by atoms with Crippen LogP contribution in [0.4, 0.5) is 13.6 Å². The molecule has 0 aliphatic heterocycles. The maximum Gasteiger partial charge on any atom is 0.407 e. The van der Waals surface area contributed by atoms with Gasteiger partial charge in [-0.2, -0.15) is 0 Å². The summed E-state index contributed by atoms with van der Waals surface area (Å²) >= 11 is 0. The standard InChI is InChI=1S/C12H20F2N2O2/c1-10(2,3)18-9(17)16-8-4-7(15)11(8)5-12(13,14)6-11/h7-8H,4-6,15H2,1-3H3,(H,16,17). The van der Waals surface area contributed by atoms with E-state index in [1.165, 1.54) is 0 Å². The van der Waals surface area contributed by atoms with E-state index in [-0.39, 0.29) is 24.9 Å². The number of hydrogen-bond donors (Lipinski definition) is 2. The number of nitrogens with one attached hydrogen (secondary N) is 1. The first kappa shape index (κ1) is 13.5. The van der Waals surface area contributed by atoms with Crippen LogP contribution in [-0.2, 0) is 4.74 Å². The Morgan fingerprint density at radius 3 is 2.33 bits per heavy atom. The van der Waals surface area contributed by atoms with E-state index < -0.39 is 23.0 Å². The summed E-state index contributed by atoms with van der Waals surface area (Å²) in [6, 6.07) is -0.543. The van der Waals surface area contributed by atoms with Gasteiger partial charge in [-0.25, -0.2) is 13.6 Å². The van der Waals surface area contributed by atoms with Gasteiger partial charge in [0.15, 0.2) is 0 Å². The fourth-order valence-corrected chi connectivity index (χ4v) is 2.89. The second-order valence-electron chi connectivity index (χ2n) is 6.48. The van der Waals surface area contributed by atoms with Crippen LogP contribution in [0, 0.1) is 5.41 Å². The molecule has 0 radical (unpaired) electrons. The van der Waals surface area contributed by atoms with Crippen LogP contribution in [0.15, 0.2) is 0 Å². The first-order valence-corrected chi connectivity index (χ1v) is 6.17. The smallest absolute Gasteiger partial charge is 0.407 e. The SMILES string of the molecule is CC(C)(C)OC(=O)NC1CC(N)C12CC(F)(F)C2. The van der Waals surface area contributed by atoms with E-state index in [0.717, 1.165) is 0 Å². The molecular formula is C12H20F2N2O2. The summed E-state index contributed by atoms with van der Waals surface area (Å²) in [5.41, 5.74) is 4.59. The predicted molar refractivity (Wildman–Crippen MR) is 62.4 cm³/mol. The highest BCUT2D eigenvalue weighted by Gasteiger charge is 2.68. The first-order valence-electron chi connectivity index (χ1n) is 6.17. The molecule has 6 heteroatoms. The molecule has 0 aromatic rings. The molecule has 2 atom stereocenters. The molecule has 104 valence electrons. The third-order valence-electron chi connectivity index (χ3n) is 3.79. The van der Waals surface area contributed by atoms with Crippen LogP contribution in [0.5, 0.6) is 0 Å². The van der Waals surface area contributed by atoms with Crippen molar-refractivity contribution in [1.29, 1.82) is 0 Å². The van der Waals surface area contributed by atoms with Gasteiger partial charge in [0.05, 0.1) is 0 Å². The highest BCUT2D eigenvalue weighted by Crippen LogP contribution is 2.61. The van der Waals surface area contributed by atoms with E-state index in [0.29, 0.717) is 6.42 Å². The number of carbonyl (C=O) groups is 1. The zero-order chi connectivity index (χ0) is 13.8. The summed E-state index contributed by atoms with van der Waals surface area (Å²) in [6.07, 6.45) is -0.493. The van der Waals surface area contributed by atoms with E-state index >= 15 is 0 Å². The van der Waals surface area contributed by atoms with E-state index in [4.69, 9.17) is 10.5 Å². The number of carbonyl (C=O) groups excluding carboxylic acids is 1. The van der Waals surface area contributed by atoms with Crippen LogP contribution in [0.1, 0.15) is 40.0 Å². The van der Waals surface area contributed by atoms with Crippen LogP contribution >= 0.6 is 0 Å². The second-order valence-corrected chi connectivity index (χ2v) is 6.48. The van der Waals surface area contributed by atoms with Crippen LogP contribution in [-0.4, -0.2) is 29.7 Å². The van der Waals surface area contributed by atoms with Crippen molar-refractivity contribution in [2.24, 2.45) is 11.1 Å². The summed E-state index contributed by atoms with van der Waals surface area (Å²) in [4.78, 5) is 11.6. The molecule has 0 bridgehead atoms. The highest BCUT2D eigenvalue weighted by molar-refractivity contribution is 5.68. The molecule has 2 aliphatic carbocycles. The molecule has 2 fully saturated rings. The lowest BCUT2D eigenvalue weighted by molar-refractivity contribution is -0.213. The van der Waals surface area contributed by atoms with Crippen molar-refractivity contribution in [2.75, 3.05) is 0 Å². The van der Waals surface area contributed by atoms with E-state index in [9.17, 15) is 13.6 Å². The molecule has 2 rings (SSSR count). The zero-order valence-corrected chi connectivity index (χ0v) is 10.9. The van der Waals surface area contributed by atoms with E-state index in [1.54, 1.807) is 20.8 Å². The number of alkyl halides is 2. The Labute approximate surface area is 105 Å². The molecule has 1 amide bonds. The lowest BCUT2D eigenvalue weighted by atomic mass is 9.48. The van der Waals surface area contributed by atoms with Gasteiger partial charge in [0, 0.05) is 30.3 Å². The van der Waals surface area contributed by atoms with Crippen LogP contribution in [0.3, 0.4) is 0 Å². The fourth-order valence-electron chi connectivity index (χ4n) is 2.89. The molecule has 2 unspecified atom stereocenters. The molecule has 18 heavy (non-hydrogen) atoms. The molecule has 0 saturated heterocycles. The minimum atomic E-state index is -2.63. The molecule has 2 aliphatic rings. The third-order valence-corrected chi connectivity index (χ3v) is 3.79. The molecule has 4 nitrogen and oxygen atoms in total. The molecule has 1 spiro atoms. The highest BCUT2D eigenvalue weighted by atomic mass is 19.3. The Hall–Kier alpha value is -0.910. The average molecular weight is 262 g/mol. The Balaban J connectivity index is 1.90. The summed E-state index contributed by atoms with van der Waals surface area (Å²) in [6.45, 7) is 5.27. The van der Waals surface area contributed by atoms with Crippen molar-refractivity contribution in [3.05, 3.63) is 0 Å². The number of halogens is 2. The number of ether oxygens (including phenoxy) is 1. The van der Waals surface area contributed by atoms with Gasteiger partial charge in [0.25, 0.3) is 0 Å².